The summed E-state index contributed by atoms with van der Waals surface area (Å²) in [6.45, 7) is 10.9. The van der Waals surface area contributed by atoms with Gasteiger partial charge in [-0.25, -0.2) is 9.97 Å². The number of amides is 1. The third-order valence-electron chi connectivity index (χ3n) is 4.52. The van der Waals surface area contributed by atoms with Crippen LogP contribution in [-0.4, -0.2) is 48.2 Å². The first-order valence-corrected chi connectivity index (χ1v) is 9.04. The predicted molar refractivity (Wildman–Crippen MR) is 103 cm³/mol. The molecule has 0 N–H and O–H groups in total. The standard InChI is InChI=1S/C20H26N4O2/c1-14(2)24(18-13-15(3)5-6-16(18)4)19(25)17-7-8-21-20(22-17)23-9-11-26-12-10-23/h5-8,13-14H,9-12H2,1-4H3. The number of benzene rings is 1. The van der Waals surface area contributed by atoms with Gasteiger partial charge in [0.1, 0.15) is 5.69 Å². The van der Waals surface area contributed by atoms with E-state index < -0.39 is 0 Å². The number of hydrogen-bond acceptors (Lipinski definition) is 5. The first kappa shape index (κ1) is 18.3. The fourth-order valence-corrected chi connectivity index (χ4v) is 3.11. The summed E-state index contributed by atoms with van der Waals surface area (Å²) in [4.78, 5) is 26.0. The Morgan fingerprint density at radius 3 is 2.62 bits per heavy atom. The number of carbonyl (C=O) groups is 1. The van der Waals surface area contributed by atoms with Gasteiger partial charge in [-0.05, 0) is 51.0 Å². The molecule has 6 nitrogen and oxygen atoms in total. The van der Waals surface area contributed by atoms with Crippen molar-refractivity contribution in [1.29, 1.82) is 0 Å². The lowest BCUT2D eigenvalue weighted by Gasteiger charge is -2.29. The maximum atomic E-state index is 13.3. The average Bonchev–Trinajstić information content (AvgIpc) is 2.65. The number of aryl methyl sites for hydroxylation is 2. The van der Waals surface area contributed by atoms with E-state index in [0.717, 1.165) is 29.9 Å². The van der Waals surface area contributed by atoms with Gasteiger partial charge in [-0.3, -0.25) is 4.79 Å². The number of anilines is 2. The molecule has 26 heavy (non-hydrogen) atoms. The van der Waals surface area contributed by atoms with Gasteiger partial charge in [0.2, 0.25) is 5.95 Å². The molecule has 1 aromatic heterocycles. The van der Waals surface area contributed by atoms with Crippen LogP contribution in [0.4, 0.5) is 11.6 Å². The van der Waals surface area contributed by atoms with Crippen molar-refractivity contribution in [3.63, 3.8) is 0 Å². The Hall–Kier alpha value is -2.47. The van der Waals surface area contributed by atoms with E-state index in [1.54, 1.807) is 12.3 Å². The third-order valence-corrected chi connectivity index (χ3v) is 4.52. The van der Waals surface area contributed by atoms with Gasteiger partial charge in [0.25, 0.3) is 5.91 Å². The van der Waals surface area contributed by atoms with Gasteiger partial charge in [-0.2, -0.15) is 0 Å². The van der Waals surface area contributed by atoms with E-state index in [4.69, 9.17) is 4.74 Å². The van der Waals surface area contributed by atoms with Gasteiger partial charge >= 0.3 is 0 Å². The van der Waals surface area contributed by atoms with Crippen LogP contribution in [0.2, 0.25) is 0 Å². The molecule has 6 heteroatoms. The molecule has 1 aromatic carbocycles. The quantitative estimate of drug-likeness (QED) is 0.845. The van der Waals surface area contributed by atoms with Gasteiger partial charge in [-0.15, -0.1) is 0 Å². The monoisotopic (exact) mass is 354 g/mol. The molecule has 1 saturated heterocycles. The van der Waals surface area contributed by atoms with Crippen molar-refractivity contribution < 1.29 is 9.53 Å². The summed E-state index contributed by atoms with van der Waals surface area (Å²) >= 11 is 0. The van der Waals surface area contributed by atoms with Gasteiger partial charge < -0.3 is 14.5 Å². The van der Waals surface area contributed by atoms with E-state index in [1.165, 1.54) is 0 Å². The smallest absolute Gasteiger partial charge is 0.277 e. The largest absolute Gasteiger partial charge is 0.378 e. The number of ether oxygens (including phenoxy) is 1. The Kier molecular flexibility index (Phi) is 5.52. The van der Waals surface area contributed by atoms with Crippen LogP contribution in [0.5, 0.6) is 0 Å². The lowest BCUT2D eigenvalue weighted by Crippen LogP contribution is -2.40. The highest BCUT2D eigenvalue weighted by molar-refractivity contribution is 6.05. The van der Waals surface area contributed by atoms with E-state index in [-0.39, 0.29) is 11.9 Å². The lowest BCUT2D eigenvalue weighted by molar-refractivity contribution is 0.0975. The summed E-state index contributed by atoms with van der Waals surface area (Å²) in [6, 6.07) is 7.87. The van der Waals surface area contributed by atoms with Crippen LogP contribution in [0.15, 0.2) is 30.5 Å². The molecule has 1 fully saturated rings. The molecule has 1 aliphatic rings. The average molecular weight is 354 g/mol. The molecule has 0 radical (unpaired) electrons. The lowest BCUT2D eigenvalue weighted by atomic mass is 10.1. The van der Waals surface area contributed by atoms with Crippen molar-refractivity contribution in [2.75, 3.05) is 36.1 Å². The van der Waals surface area contributed by atoms with Crippen LogP contribution < -0.4 is 9.80 Å². The first-order chi connectivity index (χ1) is 12.5. The van der Waals surface area contributed by atoms with Crippen molar-refractivity contribution in [1.82, 2.24) is 9.97 Å². The van der Waals surface area contributed by atoms with E-state index in [1.807, 2.05) is 38.7 Å². The topological polar surface area (TPSA) is 58.6 Å². The minimum atomic E-state index is -0.106. The zero-order valence-electron chi connectivity index (χ0n) is 15.9. The number of carbonyl (C=O) groups excluding carboxylic acids is 1. The zero-order valence-corrected chi connectivity index (χ0v) is 15.9. The van der Waals surface area contributed by atoms with Crippen LogP contribution in [0.1, 0.15) is 35.5 Å². The Balaban J connectivity index is 1.94. The second-order valence-corrected chi connectivity index (χ2v) is 6.90. The summed E-state index contributed by atoms with van der Waals surface area (Å²) < 4.78 is 5.38. The zero-order chi connectivity index (χ0) is 18.7. The first-order valence-electron chi connectivity index (χ1n) is 9.04. The second kappa shape index (κ2) is 7.83. The Morgan fingerprint density at radius 1 is 1.19 bits per heavy atom. The predicted octanol–water partition coefficient (Wildman–Crippen LogP) is 2.99. The summed E-state index contributed by atoms with van der Waals surface area (Å²) in [5.41, 5.74) is 3.54. The molecule has 0 spiro atoms. The fourth-order valence-electron chi connectivity index (χ4n) is 3.11. The summed E-state index contributed by atoms with van der Waals surface area (Å²) in [7, 11) is 0. The molecule has 0 unspecified atom stereocenters. The van der Waals surface area contributed by atoms with E-state index in [9.17, 15) is 4.79 Å². The molecule has 138 valence electrons. The molecule has 0 bridgehead atoms. The van der Waals surface area contributed by atoms with Crippen molar-refractivity contribution in [2.24, 2.45) is 0 Å². The van der Waals surface area contributed by atoms with Crippen LogP contribution >= 0.6 is 0 Å². The highest BCUT2D eigenvalue weighted by atomic mass is 16.5. The maximum absolute atomic E-state index is 13.3. The number of hydrogen-bond donors (Lipinski definition) is 0. The summed E-state index contributed by atoms with van der Waals surface area (Å²) in [5.74, 6) is 0.481. The molecule has 2 aromatic rings. The molecule has 1 aliphatic heterocycles. The minimum Gasteiger partial charge on any atom is -0.378 e. The Bertz CT molecular complexity index is 785. The molecular formula is C20H26N4O2. The number of morpholine rings is 1. The van der Waals surface area contributed by atoms with E-state index >= 15 is 0 Å². The van der Waals surface area contributed by atoms with Crippen molar-refractivity contribution >= 4 is 17.5 Å². The van der Waals surface area contributed by atoms with E-state index in [0.29, 0.717) is 24.9 Å². The molecule has 0 saturated carbocycles. The molecule has 0 atom stereocenters. The Labute approximate surface area is 154 Å². The van der Waals surface area contributed by atoms with Crippen molar-refractivity contribution in [3.05, 3.63) is 47.3 Å². The van der Waals surface area contributed by atoms with Gasteiger partial charge in [0.15, 0.2) is 0 Å². The minimum absolute atomic E-state index is 0.0183. The number of aromatic nitrogens is 2. The van der Waals surface area contributed by atoms with Crippen LogP contribution in [-0.2, 0) is 4.74 Å². The fraction of sp³-hybridized carbons (Fsp3) is 0.450. The van der Waals surface area contributed by atoms with Gasteiger partial charge in [0.05, 0.1) is 13.2 Å². The molecule has 1 amide bonds. The van der Waals surface area contributed by atoms with Crippen molar-refractivity contribution in [2.45, 2.75) is 33.7 Å². The SMILES string of the molecule is Cc1ccc(C)c(N(C(=O)c2ccnc(N3CCOCC3)n2)C(C)C)c1. The summed E-state index contributed by atoms with van der Waals surface area (Å²) in [5, 5.41) is 0. The molecule has 2 heterocycles. The Morgan fingerprint density at radius 2 is 1.92 bits per heavy atom. The van der Waals surface area contributed by atoms with Crippen LogP contribution in [0, 0.1) is 13.8 Å². The molecular weight excluding hydrogens is 328 g/mol. The summed E-state index contributed by atoms with van der Waals surface area (Å²) in [6.07, 6.45) is 1.66. The highest BCUT2D eigenvalue weighted by Gasteiger charge is 2.24. The number of rotatable bonds is 4. The normalized spacial score (nSPS) is 14.6. The van der Waals surface area contributed by atoms with E-state index in [2.05, 4.69) is 27.0 Å². The third kappa shape index (κ3) is 3.85. The van der Waals surface area contributed by atoms with Gasteiger partial charge in [-0.1, -0.05) is 12.1 Å². The molecule has 3 rings (SSSR count). The van der Waals surface area contributed by atoms with Gasteiger partial charge in [0, 0.05) is 31.0 Å². The van der Waals surface area contributed by atoms with Crippen molar-refractivity contribution in [3.8, 4) is 0 Å². The number of nitrogens with zero attached hydrogens (tertiary/aromatic N) is 4. The van der Waals surface area contributed by atoms with Crippen LogP contribution in [0.3, 0.4) is 0 Å². The highest BCUT2D eigenvalue weighted by Crippen LogP contribution is 2.25. The second-order valence-electron chi connectivity index (χ2n) is 6.90. The maximum Gasteiger partial charge on any atom is 0.277 e. The molecule has 0 aliphatic carbocycles. The van der Waals surface area contributed by atoms with Crippen LogP contribution in [0.25, 0.3) is 0 Å².